The van der Waals surface area contributed by atoms with Crippen molar-refractivity contribution in [2.24, 2.45) is 5.92 Å². The Balaban J connectivity index is 1.47. The number of pyridine rings is 1. The van der Waals surface area contributed by atoms with Crippen molar-refractivity contribution in [3.63, 3.8) is 0 Å². The fourth-order valence-corrected chi connectivity index (χ4v) is 7.00. The molecule has 2 fully saturated rings. The van der Waals surface area contributed by atoms with E-state index < -0.39 is 9.84 Å². The largest absolute Gasteiger partial charge is 0.341 e. The van der Waals surface area contributed by atoms with Gasteiger partial charge in [0.15, 0.2) is 9.84 Å². The maximum absolute atomic E-state index is 12.4. The Hall–Kier alpha value is -2.63. The lowest BCUT2D eigenvalue weighted by Crippen LogP contribution is -2.49. The number of piperazine rings is 1. The van der Waals surface area contributed by atoms with Gasteiger partial charge in [-0.25, -0.2) is 18.4 Å². The molecule has 11 heteroatoms. The molecule has 1 amide bonds. The average molecular weight is 557 g/mol. The van der Waals surface area contributed by atoms with Gasteiger partial charge in [0.1, 0.15) is 0 Å². The minimum Gasteiger partial charge on any atom is -0.341 e. The molecule has 2 aliphatic heterocycles. The number of hydrogen-bond acceptors (Lipinski definition) is 9. The summed E-state index contributed by atoms with van der Waals surface area (Å²) in [4.78, 5) is 33.5. The molecule has 38 heavy (non-hydrogen) atoms. The van der Waals surface area contributed by atoms with Gasteiger partial charge in [-0.15, -0.1) is 11.3 Å². The van der Waals surface area contributed by atoms with Crippen LogP contribution in [-0.4, -0.2) is 84.6 Å². The highest BCUT2D eigenvalue weighted by atomic mass is 32.2. The Morgan fingerprint density at radius 1 is 1.03 bits per heavy atom. The second-order valence-electron chi connectivity index (χ2n) is 10.8. The maximum Gasteiger partial charge on any atom is 0.226 e. The monoisotopic (exact) mass is 556 g/mol. The number of carbonyl (C=O) groups is 1. The summed E-state index contributed by atoms with van der Waals surface area (Å²) < 4.78 is 24.8. The van der Waals surface area contributed by atoms with Gasteiger partial charge in [0.2, 0.25) is 11.9 Å². The molecule has 2 saturated heterocycles. The molecule has 0 aliphatic carbocycles. The molecule has 0 unspecified atom stereocenters. The van der Waals surface area contributed by atoms with E-state index in [9.17, 15) is 13.2 Å². The Bertz CT molecular complexity index is 1410. The lowest BCUT2D eigenvalue weighted by Gasteiger charge is -2.35. The van der Waals surface area contributed by atoms with E-state index in [4.69, 9.17) is 9.97 Å². The van der Waals surface area contributed by atoms with Gasteiger partial charge in [0.25, 0.3) is 0 Å². The normalized spacial score (nSPS) is 17.5. The van der Waals surface area contributed by atoms with Gasteiger partial charge in [0, 0.05) is 81.5 Å². The number of aromatic nitrogens is 3. The van der Waals surface area contributed by atoms with Crippen LogP contribution in [0.25, 0.3) is 21.5 Å². The molecular formula is C27H36N6O3S2. The van der Waals surface area contributed by atoms with Gasteiger partial charge >= 0.3 is 0 Å². The zero-order chi connectivity index (χ0) is 26.9. The van der Waals surface area contributed by atoms with Crippen LogP contribution >= 0.6 is 11.3 Å². The first-order chi connectivity index (χ1) is 18.2. The highest BCUT2D eigenvalue weighted by molar-refractivity contribution is 7.89. The highest BCUT2D eigenvalue weighted by Crippen LogP contribution is 2.36. The first kappa shape index (κ1) is 27.0. The van der Waals surface area contributed by atoms with Gasteiger partial charge < -0.3 is 9.80 Å². The standard InChI is InChI=1S/C27H36N6O3S2/c1-19(2)26(34)32-11-9-31(10-12-32)16-22-17-37-25-23(21-13-20(14-28-15-21)18-38(3,35)36)29-27(30-24(22)25)33-7-5-4-6-8-33/h13-15,17,19H,4-12,16,18H2,1-3H3. The van der Waals surface area contributed by atoms with Crippen molar-refractivity contribution in [2.45, 2.75) is 45.4 Å². The molecule has 204 valence electrons. The van der Waals surface area contributed by atoms with Gasteiger partial charge in [-0.05, 0) is 36.3 Å². The van der Waals surface area contributed by atoms with Crippen LogP contribution in [0.3, 0.4) is 0 Å². The molecule has 3 aromatic heterocycles. The van der Waals surface area contributed by atoms with E-state index >= 15 is 0 Å². The summed E-state index contributed by atoms with van der Waals surface area (Å²) in [6, 6.07) is 1.89. The summed E-state index contributed by atoms with van der Waals surface area (Å²) >= 11 is 1.63. The number of sulfone groups is 1. The second kappa shape index (κ2) is 11.2. The van der Waals surface area contributed by atoms with Crippen LogP contribution in [0.5, 0.6) is 0 Å². The number of carbonyl (C=O) groups excluding carboxylic acids is 1. The van der Waals surface area contributed by atoms with E-state index in [-0.39, 0.29) is 17.6 Å². The average Bonchev–Trinajstić information content (AvgIpc) is 3.30. The van der Waals surface area contributed by atoms with Crippen molar-refractivity contribution in [1.82, 2.24) is 24.8 Å². The predicted molar refractivity (Wildman–Crippen MR) is 152 cm³/mol. The van der Waals surface area contributed by atoms with Crippen LogP contribution in [0.4, 0.5) is 5.95 Å². The summed E-state index contributed by atoms with van der Waals surface area (Å²) in [5, 5.41) is 2.17. The molecular weight excluding hydrogens is 520 g/mol. The quantitative estimate of drug-likeness (QED) is 0.435. The van der Waals surface area contributed by atoms with E-state index in [1.165, 1.54) is 12.7 Å². The summed E-state index contributed by atoms with van der Waals surface area (Å²) in [5.74, 6) is 0.923. The number of hydrogen-bond donors (Lipinski definition) is 0. The SMILES string of the molecule is CC(C)C(=O)N1CCN(Cc2csc3c(-c4cncc(CS(C)(=O)=O)c4)nc(N4CCCCC4)nc23)CC1. The molecule has 0 spiro atoms. The summed E-state index contributed by atoms with van der Waals surface area (Å²) in [6.45, 7) is 9.71. The van der Waals surface area contributed by atoms with Crippen molar-refractivity contribution in [2.75, 3.05) is 50.4 Å². The molecule has 5 heterocycles. The zero-order valence-electron chi connectivity index (χ0n) is 22.4. The van der Waals surface area contributed by atoms with Crippen LogP contribution in [0.2, 0.25) is 0 Å². The molecule has 0 bridgehead atoms. The number of fused-ring (bicyclic) bond motifs is 1. The first-order valence-corrected chi connectivity index (χ1v) is 16.3. The Morgan fingerprint density at radius 3 is 2.45 bits per heavy atom. The molecule has 0 N–H and O–H groups in total. The minimum absolute atomic E-state index is 0.0242. The van der Waals surface area contributed by atoms with Gasteiger partial charge in [-0.3, -0.25) is 14.7 Å². The topological polar surface area (TPSA) is 99.6 Å². The van der Waals surface area contributed by atoms with Crippen LogP contribution in [0.15, 0.2) is 23.8 Å². The second-order valence-corrected chi connectivity index (χ2v) is 13.8. The van der Waals surface area contributed by atoms with E-state index in [2.05, 4.69) is 20.2 Å². The molecule has 0 aromatic carbocycles. The van der Waals surface area contributed by atoms with E-state index in [0.29, 0.717) is 5.56 Å². The van der Waals surface area contributed by atoms with E-state index in [0.717, 1.165) is 91.6 Å². The zero-order valence-corrected chi connectivity index (χ0v) is 24.0. The van der Waals surface area contributed by atoms with Crippen molar-refractivity contribution in [3.05, 3.63) is 35.0 Å². The van der Waals surface area contributed by atoms with Crippen LogP contribution < -0.4 is 4.90 Å². The molecule has 0 radical (unpaired) electrons. The summed E-state index contributed by atoms with van der Waals surface area (Å²) in [6.07, 6.45) is 8.07. The number of rotatable bonds is 7. The highest BCUT2D eigenvalue weighted by Gasteiger charge is 2.25. The predicted octanol–water partition coefficient (Wildman–Crippen LogP) is 3.59. The van der Waals surface area contributed by atoms with E-state index in [1.54, 1.807) is 23.7 Å². The van der Waals surface area contributed by atoms with Gasteiger partial charge in [0.05, 0.1) is 21.7 Å². The number of piperidine rings is 1. The third kappa shape index (κ3) is 6.16. The maximum atomic E-state index is 12.4. The minimum atomic E-state index is -3.18. The number of anilines is 1. The van der Waals surface area contributed by atoms with Crippen LogP contribution in [-0.2, 0) is 26.9 Å². The lowest BCUT2D eigenvalue weighted by atomic mass is 10.1. The Morgan fingerprint density at radius 2 is 1.76 bits per heavy atom. The Kier molecular flexibility index (Phi) is 7.97. The van der Waals surface area contributed by atoms with Crippen molar-refractivity contribution >= 4 is 43.2 Å². The summed E-state index contributed by atoms with van der Waals surface area (Å²) in [5.41, 5.74) is 4.39. The van der Waals surface area contributed by atoms with Gasteiger partial charge in [-0.1, -0.05) is 13.8 Å². The van der Waals surface area contributed by atoms with E-state index in [1.807, 2.05) is 24.8 Å². The summed E-state index contributed by atoms with van der Waals surface area (Å²) in [7, 11) is -3.18. The van der Waals surface area contributed by atoms with Gasteiger partial charge in [-0.2, -0.15) is 0 Å². The fraction of sp³-hybridized carbons (Fsp3) is 0.556. The number of nitrogens with zero attached hydrogens (tertiary/aromatic N) is 6. The molecule has 9 nitrogen and oxygen atoms in total. The van der Waals surface area contributed by atoms with Crippen LogP contribution in [0.1, 0.15) is 44.2 Å². The Labute approximate surface area is 228 Å². The third-order valence-corrected chi connectivity index (χ3v) is 9.07. The van der Waals surface area contributed by atoms with Crippen molar-refractivity contribution in [3.8, 4) is 11.3 Å². The molecule has 2 aliphatic rings. The van der Waals surface area contributed by atoms with Crippen LogP contribution in [0, 0.1) is 5.92 Å². The van der Waals surface area contributed by atoms with Crippen molar-refractivity contribution in [1.29, 1.82) is 0 Å². The molecule has 3 aromatic rings. The molecule has 5 rings (SSSR count). The fourth-order valence-electron chi connectivity index (χ4n) is 5.23. The number of amides is 1. The first-order valence-electron chi connectivity index (χ1n) is 13.3. The molecule has 0 atom stereocenters. The smallest absolute Gasteiger partial charge is 0.226 e. The number of thiophene rings is 1. The third-order valence-electron chi connectivity index (χ3n) is 7.18. The lowest BCUT2D eigenvalue weighted by molar-refractivity contribution is -0.136. The van der Waals surface area contributed by atoms with Crippen molar-refractivity contribution < 1.29 is 13.2 Å². The molecule has 0 saturated carbocycles.